The van der Waals surface area contributed by atoms with Crippen LogP contribution in [-0.2, 0) is 4.74 Å². The minimum absolute atomic E-state index is 0.670. The van der Waals surface area contributed by atoms with E-state index in [0.29, 0.717) is 6.04 Å². The smallest absolute Gasteiger partial charge is 0.0509 e. The summed E-state index contributed by atoms with van der Waals surface area (Å²) in [7, 11) is 0. The second kappa shape index (κ2) is 7.14. The van der Waals surface area contributed by atoms with E-state index in [1.807, 2.05) is 0 Å². The van der Waals surface area contributed by atoms with Gasteiger partial charge < -0.3 is 10.1 Å². The number of thioether (sulfide) groups is 2. The Bertz CT molecular complexity index is 173. The Kier molecular flexibility index (Phi) is 5.83. The van der Waals surface area contributed by atoms with Crippen molar-refractivity contribution < 1.29 is 4.74 Å². The summed E-state index contributed by atoms with van der Waals surface area (Å²) in [5, 5.41) is 4.50. The maximum Gasteiger partial charge on any atom is 0.0509 e. The number of nitrogens with one attached hydrogen (secondary N) is 1. The molecule has 1 N–H and O–H groups in total. The molecule has 2 nitrogen and oxygen atoms in total. The van der Waals surface area contributed by atoms with Crippen molar-refractivity contribution in [3.63, 3.8) is 0 Å². The Balaban J connectivity index is 1.91. The van der Waals surface area contributed by atoms with Gasteiger partial charge in [0.05, 0.1) is 6.61 Å². The highest BCUT2D eigenvalue weighted by Crippen LogP contribution is 2.31. The molecule has 0 aromatic carbocycles. The Morgan fingerprint density at radius 1 is 1.44 bits per heavy atom. The van der Waals surface area contributed by atoms with Gasteiger partial charge in [0.2, 0.25) is 0 Å². The third-order valence-corrected chi connectivity index (χ3v) is 6.27. The van der Waals surface area contributed by atoms with Gasteiger partial charge in [-0.1, -0.05) is 6.92 Å². The van der Waals surface area contributed by atoms with Gasteiger partial charge in [-0.15, -0.1) is 0 Å². The van der Waals surface area contributed by atoms with Crippen LogP contribution < -0.4 is 5.32 Å². The monoisotopic (exact) mass is 261 g/mol. The van der Waals surface area contributed by atoms with E-state index in [9.17, 15) is 0 Å². The molecule has 0 radical (unpaired) electrons. The third kappa shape index (κ3) is 3.56. The molecule has 3 atom stereocenters. The molecule has 0 aromatic rings. The van der Waals surface area contributed by atoms with Crippen LogP contribution in [-0.4, -0.2) is 48.3 Å². The molecule has 2 saturated heterocycles. The van der Waals surface area contributed by atoms with Gasteiger partial charge in [-0.05, 0) is 25.3 Å². The Morgan fingerprint density at radius 2 is 2.38 bits per heavy atom. The zero-order valence-electron chi connectivity index (χ0n) is 10.1. The number of rotatable bonds is 4. The SMILES string of the molecule is CCNC(C1CCCOC1)C1CSCCS1. The largest absolute Gasteiger partial charge is 0.381 e. The van der Waals surface area contributed by atoms with E-state index in [0.717, 1.165) is 30.9 Å². The maximum absolute atomic E-state index is 5.64. The molecule has 0 aliphatic carbocycles. The molecule has 0 saturated carbocycles. The normalized spacial score (nSPS) is 33.6. The summed E-state index contributed by atoms with van der Waals surface area (Å²) in [5.41, 5.74) is 0. The van der Waals surface area contributed by atoms with Crippen molar-refractivity contribution in [3.8, 4) is 0 Å². The number of hydrogen-bond donors (Lipinski definition) is 1. The summed E-state index contributed by atoms with van der Waals surface area (Å²) in [6.45, 7) is 5.25. The van der Waals surface area contributed by atoms with Crippen molar-refractivity contribution in [1.82, 2.24) is 5.32 Å². The zero-order valence-corrected chi connectivity index (χ0v) is 11.7. The second-order valence-electron chi connectivity index (χ2n) is 4.54. The molecule has 94 valence electrons. The molecule has 2 fully saturated rings. The first kappa shape index (κ1) is 13.1. The lowest BCUT2D eigenvalue weighted by Gasteiger charge is -2.37. The maximum atomic E-state index is 5.64. The summed E-state index contributed by atoms with van der Waals surface area (Å²) in [6, 6.07) is 0.670. The molecule has 2 aliphatic heterocycles. The fourth-order valence-corrected chi connectivity index (χ4v) is 5.56. The van der Waals surface area contributed by atoms with Crippen LogP contribution in [0.4, 0.5) is 0 Å². The van der Waals surface area contributed by atoms with Crippen LogP contribution in [0, 0.1) is 5.92 Å². The summed E-state index contributed by atoms with van der Waals surface area (Å²) in [4.78, 5) is 0. The van der Waals surface area contributed by atoms with E-state index in [-0.39, 0.29) is 0 Å². The standard InChI is InChI=1S/C12H23NOS2/c1-2-13-12(10-4-3-5-14-8-10)11-9-15-6-7-16-11/h10-13H,2-9H2,1H3. The lowest BCUT2D eigenvalue weighted by Crippen LogP contribution is -2.48. The Hall–Kier alpha value is 0.620. The van der Waals surface area contributed by atoms with Crippen molar-refractivity contribution >= 4 is 23.5 Å². The lowest BCUT2D eigenvalue weighted by atomic mass is 9.91. The third-order valence-electron chi connectivity index (χ3n) is 3.39. The molecule has 16 heavy (non-hydrogen) atoms. The fourth-order valence-electron chi connectivity index (χ4n) is 2.60. The zero-order chi connectivity index (χ0) is 11.2. The summed E-state index contributed by atoms with van der Waals surface area (Å²) in [6.07, 6.45) is 2.59. The van der Waals surface area contributed by atoms with Crippen LogP contribution in [0.25, 0.3) is 0 Å². The summed E-state index contributed by atoms with van der Waals surface area (Å²) in [5.74, 6) is 4.72. The van der Waals surface area contributed by atoms with Crippen molar-refractivity contribution in [2.24, 2.45) is 5.92 Å². The van der Waals surface area contributed by atoms with Gasteiger partial charge in [-0.3, -0.25) is 0 Å². The van der Waals surface area contributed by atoms with E-state index in [4.69, 9.17) is 4.74 Å². The molecule has 4 heteroatoms. The van der Waals surface area contributed by atoms with Crippen LogP contribution in [0.1, 0.15) is 19.8 Å². The number of hydrogen-bond acceptors (Lipinski definition) is 4. The molecule has 0 spiro atoms. The van der Waals surface area contributed by atoms with E-state index in [1.54, 1.807) is 0 Å². The van der Waals surface area contributed by atoms with E-state index in [1.165, 1.54) is 30.1 Å². The van der Waals surface area contributed by atoms with Gasteiger partial charge in [0.1, 0.15) is 0 Å². The van der Waals surface area contributed by atoms with Gasteiger partial charge in [-0.2, -0.15) is 23.5 Å². The minimum Gasteiger partial charge on any atom is -0.381 e. The van der Waals surface area contributed by atoms with Gasteiger partial charge in [-0.25, -0.2) is 0 Å². The average molecular weight is 261 g/mol. The summed E-state index contributed by atoms with van der Waals surface area (Å²) < 4.78 is 5.64. The van der Waals surface area contributed by atoms with Crippen molar-refractivity contribution in [1.29, 1.82) is 0 Å². The molecular formula is C12H23NOS2. The first-order valence-electron chi connectivity index (χ1n) is 6.42. The molecule has 2 aliphatic rings. The highest BCUT2D eigenvalue weighted by atomic mass is 32.2. The predicted octanol–water partition coefficient (Wildman–Crippen LogP) is 2.24. The number of ether oxygens (including phenoxy) is 1. The van der Waals surface area contributed by atoms with Crippen LogP contribution in [0.15, 0.2) is 0 Å². The van der Waals surface area contributed by atoms with Gasteiger partial charge in [0.25, 0.3) is 0 Å². The highest BCUT2D eigenvalue weighted by Gasteiger charge is 2.31. The molecule has 0 amide bonds. The Morgan fingerprint density at radius 3 is 3.00 bits per heavy atom. The van der Waals surface area contributed by atoms with Crippen molar-refractivity contribution in [2.75, 3.05) is 37.0 Å². The second-order valence-corrected chi connectivity index (χ2v) is 7.04. The van der Waals surface area contributed by atoms with Gasteiger partial charge >= 0.3 is 0 Å². The topological polar surface area (TPSA) is 21.3 Å². The molecule has 3 unspecified atom stereocenters. The van der Waals surface area contributed by atoms with Gasteiger partial charge in [0, 0.05) is 35.2 Å². The van der Waals surface area contributed by atoms with E-state index in [2.05, 4.69) is 35.8 Å². The molecule has 2 rings (SSSR count). The molecular weight excluding hydrogens is 238 g/mol. The van der Waals surface area contributed by atoms with Crippen LogP contribution in [0.5, 0.6) is 0 Å². The molecule has 0 aromatic heterocycles. The first-order chi connectivity index (χ1) is 7.92. The Labute approximate surface area is 108 Å². The average Bonchev–Trinajstić information content (AvgIpc) is 2.38. The van der Waals surface area contributed by atoms with Crippen molar-refractivity contribution in [2.45, 2.75) is 31.1 Å². The lowest BCUT2D eigenvalue weighted by molar-refractivity contribution is 0.0399. The quantitative estimate of drug-likeness (QED) is 0.837. The van der Waals surface area contributed by atoms with Crippen LogP contribution in [0.3, 0.4) is 0 Å². The minimum atomic E-state index is 0.670. The van der Waals surface area contributed by atoms with Crippen LogP contribution in [0.2, 0.25) is 0 Å². The first-order valence-corrected chi connectivity index (χ1v) is 8.62. The highest BCUT2D eigenvalue weighted by molar-refractivity contribution is 8.06. The fraction of sp³-hybridized carbons (Fsp3) is 1.00. The predicted molar refractivity (Wildman–Crippen MR) is 74.6 cm³/mol. The van der Waals surface area contributed by atoms with E-state index >= 15 is 0 Å². The molecule has 2 heterocycles. The van der Waals surface area contributed by atoms with Gasteiger partial charge in [0.15, 0.2) is 0 Å². The van der Waals surface area contributed by atoms with Crippen LogP contribution >= 0.6 is 23.5 Å². The van der Waals surface area contributed by atoms with E-state index < -0.39 is 0 Å². The van der Waals surface area contributed by atoms with Crippen molar-refractivity contribution in [3.05, 3.63) is 0 Å². The molecule has 0 bridgehead atoms. The summed E-state index contributed by atoms with van der Waals surface area (Å²) >= 11 is 4.29.